The second-order valence-corrected chi connectivity index (χ2v) is 5.01. The Morgan fingerprint density at radius 1 is 1.38 bits per heavy atom. The molecule has 3 heteroatoms. The molecule has 90 valence electrons. The van der Waals surface area contributed by atoms with Crippen molar-refractivity contribution < 1.29 is 4.74 Å². The Morgan fingerprint density at radius 3 is 2.81 bits per heavy atom. The summed E-state index contributed by atoms with van der Waals surface area (Å²) in [4.78, 5) is 0. The molecule has 0 fully saturated rings. The largest absolute Gasteiger partial charge is 0.492 e. The summed E-state index contributed by atoms with van der Waals surface area (Å²) in [5.74, 6) is 3.01. The summed E-state index contributed by atoms with van der Waals surface area (Å²) in [5, 5.41) is 0. The van der Waals surface area contributed by atoms with Gasteiger partial charge in [0.05, 0.1) is 6.61 Å². The van der Waals surface area contributed by atoms with Crippen molar-refractivity contribution >= 4 is 11.8 Å². The number of hydrogen-bond donors (Lipinski definition) is 1. The quantitative estimate of drug-likeness (QED) is 0.743. The van der Waals surface area contributed by atoms with E-state index in [0.717, 1.165) is 30.3 Å². The van der Waals surface area contributed by atoms with E-state index in [9.17, 15) is 0 Å². The standard InChI is InChI=1S/C13H21NOS/c1-3-12(14)10-16-9-8-15-13-7-5-4-6-11(13)2/h4-7,12H,3,8-10,14H2,1-2H3. The predicted octanol–water partition coefficient (Wildman–Crippen LogP) is 2.84. The molecule has 0 radical (unpaired) electrons. The predicted molar refractivity (Wildman–Crippen MR) is 72.3 cm³/mol. The van der Waals surface area contributed by atoms with Crippen LogP contribution in [0.4, 0.5) is 0 Å². The van der Waals surface area contributed by atoms with E-state index in [2.05, 4.69) is 19.9 Å². The lowest BCUT2D eigenvalue weighted by Gasteiger charge is -2.10. The summed E-state index contributed by atoms with van der Waals surface area (Å²) in [5.41, 5.74) is 7.02. The summed E-state index contributed by atoms with van der Waals surface area (Å²) in [6, 6.07) is 8.43. The molecule has 0 aliphatic rings. The lowest BCUT2D eigenvalue weighted by Crippen LogP contribution is -2.21. The van der Waals surface area contributed by atoms with Crippen molar-refractivity contribution in [3.63, 3.8) is 0 Å². The van der Waals surface area contributed by atoms with Gasteiger partial charge in [-0.3, -0.25) is 0 Å². The van der Waals surface area contributed by atoms with E-state index in [1.165, 1.54) is 5.56 Å². The van der Waals surface area contributed by atoms with Gasteiger partial charge >= 0.3 is 0 Å². The minimum absolute atomic E-state index is 0.323. The van der Waals surface area contributed by atoms with E-state index in [1.807, 2.05) is 30.0 Å². The Hall–Kier alpha value is -0.670. The van der Waals surface area contributed by atoms with Crippen molar-refractivity contribution in [3.8, 4) is 5.75 Å². The highest BCUT2D eigenvalue weighted by Gasteiger charge is 2.00. The van der Waals surface area contributed by atoms with Crippen molar-refractivity contribution in [2.45, 2.75) is 26.3 Å². The Balaban J connectivity index is 2.14. The van der Waals surface area contributed by atoms with Crippen LogP contribution in [0, 0.1) is 6.92 Å². The van der Waals surface area contributed by atoms with Gasteiger partial charge in [0, 0.05) is 17.5 Å². The van der Waals surface area contributed by atoms with Crippen molar-refractivity contribution in [2.75, 3.05) is 18.1 Å². The van der Waals surface area contributed by atoms with Gasteiger partial charge in [-0.15, -0.1) is 0 Å². The van der Waals surface area contributed by atoms with Crippen LogP contribution < -0.4 is 10.5 Å². The molecule has 0 aromatic heterocycles. The number of hydrogen-bond acceptors (Lipinski definition) is 3. The molecule has 16 heavy (non-hydrogen) atoms. The molecule has 1 rings (SSSR count). The zero-order valence-corrected chi connectivity index (χ0v) is 10.9. The van der Waals surface area contributed by atoms with Crippen molar-refractivity contribution in [3.05, 3.63) is 29.8 Å². The lowest BCUT2D eigenvalue weighted by atomic mass is 10.2. The molecule has 1 atom stereocenters. The number of benzene rings is 1. The zero-order valence-electron chi connectivity index (χ0n) is 10.1. The van der Waals surface area contributed by atoms with E-state index < -0.39 is 0 Å². The summed E-state index contributed by atoms with van der Waals surface area (Å²) >= 11 is 1.86. The molecule has 0 saturated heterocycles. The fraction of sp³-hybridized carbons (Fsp3) is 0.538. The van der Waals surface area contributed by atoms with Crippen molar-refractivity contribution in [1.29, 1.82) is 0 Å². The summed E-state index contributed by atoms with van der Waals surface area (Å²) < 4.78 is 5.69. The number of ether oxygens (including phenoxy) is 1. The van der Waals surface area contributed by atoms with Gasteiger partial charge < -0.3 is 10.5 Å². The number of thioether (sulfide) groups is 1. The molecule has 0 heterocycles. The molecule has 0 spiro atoms. The Morgan fingerprint density at radius 2 is 2.12 bits per heavy atom. The van der Waals surface area contributed by atoms with Crippen LogP contribution >= 0.6 is 11.8 Å². The first-order chi connectivity index (χ1) is 7.74. The van der Waals surface area contributed by atoms with Crippen LogP contribution in [0.3, 0.4) is 0 Å². The highest BCUT2D eigenvalue weighted by atomic mass is 32.2. The second kappa shape index (κ2) is 7.58. The van der Waals surface area contributed by atoms with Crippen LogP contribution in [0.1, 0.15) is 18.9 Å². The molecule has 1 aromatic rings. The van der Waals surface area contributed by atoms with E-state index >= 15 is 0 Å². The third-order valence-electron chi connectivity index (χ3n) is 2.44. The van der Waals surface area contributed by atoms with Crippen LogP contribution in [0.25, 0.3) is 0 Å². The maximum atomic E-state index is 5.83. The van der Waals surface area contributed by atoms with E-state index in [1.54, 1.807) is 0 Å². The Labute approximate surface area is 103 Å². The third kappa shape index (κ3) is 4.90. The van der Waals surface area contributed by atoms with Crippen LogP contribution in [-0.2, 0) is 0 Å². The molecule has 0 aliphatic carbocycles. The van der Waals surface area contributed by atoms with Gasteiger partial charge in [-0.2, -0.15) is 11.8 Å². The van der Waals surface area contributed by atoms with Gasteiger partial charge in [-0.25, -0.2) is 0 Å². The number of rotatable bonds is 7. The first-order valence-corrected chi connectivity index (χ1v) is 6.91. The van der Waals surface area contributed by atoms with E-state index in [-0.39, 0.29) is 0 Å². The molecule has 0 aliphatic heterocycles. The maximum absolute atomic E-state index is 5.83. The fourth-order valence-corrected chi connectivity index (χ4v) is 2.19. The fourth-order valence-electron chi connectivity index (χ4n) is 1.28. The summed E-state index contributed by atoms with van der Waals surface area (Å²) in [6.45, 7) is 4.94. The van der Waals surface area contributed by atoms with Crippen LogP contribution in [0.2, 0.25) is 0 Å². The van der Waals surface area contributed by atoms with Gasteiger partial charge in [-0.1, -0.05) is 25.1 Å². The number of para-hydroxylation sites is 1. The molecular formula is C13H21NOS. The molecule has 0 saturated carbocycles. The molecule has 2 nitrogen and oxygen atoms in total. The molecule has 1 unspecified atom stereocenters. The molecule has 0 bridgehead atoms. The molecule has 0 amide bonds. The van der Waals surface area contributed by atoms with Gasteiger partial charge in [0.2, 0.25) is 0 Å². The van der Waals surface area contributed by atoms with Crippen LogP contribution in [-0.4, -0.2) is 24.2 Å². The van der Waals surface area contributed by atoms with E-state index in [0.29, 0.717) is 6.04 Å². The van der Waals surface area contributed by atoms with Gasteiger partial charge in [0.25, 0.3) is 0 Å². The van der Waals surface area contributed by atoms with Gasteiger partial charge in [-0.05, 0) is 25.0 Å². The van der Waals surface area contributed by atoms with E-state index in [4.69, 9.17) is 10.5 Å². The smallest absolute Gasteiger partial charge is 0.122 e. The van der Waals surface area contributed by atoms with Crippen LogP contribution in [0.15, 0.2) is 24.3 Å². The molecule has 2 N–H and O–H groups in total. The van der Waals surface area contributed by atoms with Gasteiger partial charge in [0.1, 0.15) is 5.75 Å². The third-order valence-corrected chi connectivity index (χ3v) is 3.55. The highest BCUT2D eigenvalue weighted by Crippen LogP contribution is 2.16. The molecule has 1 aromatic carbocycles. The topological polar surface area (TPSA) is 35.2 Å². The minimum atomic E-state index is 0.323. The average Bonchev–Trinajstić information content (AvgIpc) is 2.30. The molecular weight excluding hydrogens is 218 g/mol. The lowest BCUT2D eigenvalue weighted by molar-refractivity contribution is 0.341. The first kappa shape index (κ1) is 13.4. The van der Waals surface area contributed by atoms with Crippen molar-refractivity contribution in [2.24, 2.45) is 5.73 Å². The number of nitrogens with two attached hydrogens (primary N) is 1. The summed E-state index contributed by atoms with van der Waals surface area (Å²) in [7, 11) is 0. The zero-order chi connectivity index (χ0) is 11.8. The normalized spacial score (nSPS) is 12.4. The van der Waals surface area contributed by atoms with Gasteiger partial charge in [0.15, 0.2) is 0 Å². The summed E-state index contributed by atoms with van der Waals surface area (Å²) in [6.07, 6.45) is 1.05. The minimum Gasteiger partial charge on any atom is -0.492 e. The highest BCUT2D eigenvalue weighted by molar-refractivity contribution is 7.99. The first-order valence-electron chi connectivity index (χ1n) is 5.75. The Bertz CT molecular complexity index is 304. The maximum Gasteiger partial charge on any atom is 0.122 e. The van der Waals surface area contributed by atoms with Crippen LogP contribution in [0.5, 0.6) is 5.75 Å². The Kier molecular flexibility index (Phi) is 6.34. The average molecular weight is 239 g/mol. The SMILES string of the molecule is CCC(N)CSCCOc1ccccc1C. The van der Waals surface area contributed by atoms with Crippen molar-refractivity contribution in [1.82, 2.24) is 0 Å². The second-order valence-electron chi connectivity index (χ2n) is 3.86. The monoisotopic (exact) mass is 239 g/mol. The number of aryl methyl sites for hydroxylation is 1.